The molecule has 3 N–H and O–H groups in total. The average molecular weight is 483 g/mol. The molecule has 2 aliphatic rings. The molecular weight excluding hydrogens is 456 g/mol. The third kappa shape index (κ3) is 4.39. The van der Waals surface area contributed by atoms with E-state index in [-0.39, 0.29) is 29.4 Å². The number of para-hydroxylation sites is 2. The van der Waals surface area contributed by atoms with Gasteiger partial charge >= 0.3 is 6.03 Å². The van der Waals surface area contributed by atoms with Crippen molar-refractivity contribution >= 4 is 28.7 Å². The maximum Gasteiger partial charge on any atom is 0.342 e. The maximum atomic E-state index is 12.9. The molecule has 9 heteroatoms. The fourth-order valence-corrected chi connectivity index (χ4v) is 4.75. The molecule has 36 heavy (non-hydrogen) atoms. The quantitative estimate of drug-likeness (QED) is 0.350. The number of anilines is 1. The van der Waals surface area contributed by atoms with Gasteiger partial charge in [0, 0.05) is 23.2 Å². The van der Waals surface area contributed by atoms with Gasteiger partial charge in [0.1, 0.15) is 11.4 Å². The van der Waals surface area contributed by atoms with Gasteiger partial charge < -0.3 is 15.7 Å². The minimum Gasteiger partial charge on any atom is -0.507 e. The summed E-state index contributed by atoms with van der Waals surface area (Å²) in [7, 11) is 0. The van der Waals surface area contributed by atoms with Gasteiger partial charge in [-0.05, 0) is 62.1 Å². The van der Waals surface area contributed by atoms with Crippen LogP contribution in [0, 0.1) is 0 Å². The molecule has 0 bridgehead atoms. The number of rotatable bonds is 5. The number of benzene rings is 2. The summed E-state index contributed by atoms with van der Waals surface area (Å²) in [5.41, 5.74) is 3.79. The van der Waals surface area contributed by atoms with E-state index < -0.39 is 5.91 Å². The van der Waals surface area contributed by atoms with Gasteiger partial charge in [-0.3, -0.25) is 9.78 Å². The van der Waals surface area contributed by atoms with E-state index in [1.54, 1.807) is 18.2 Å². The zero-order valence-corrected chi connectivity index (χ0v) is 19.6. The number of fused-ring (bicyclic) bond motifs is 1. The van der Waals surface area contributed by atoms with Crippen molar-refractivity contribution in [2.75, 3.05) is 5.32 Å². The highest BCUT2D eigenvalue weighted by atomic mass is 16.3. The lowest BCUT2D eigenvalue weighted by molar-refractivity contribution is 0.102. The first-order valence-electron chi connectivity index (χ1n) is 12.3. The predicted molar refractivity (Wildman–Crippen MR) is 135 cm³/mol. The van der Waals surface area contributed by atoms with Crippen LogP contribution in [0.2, 0.25) is 0 Å². The van der Waals surface area contributed by atoms with Crippen molar-refractivity contribution in [1.29, 1.82) is 0 Å². The maximum absolute atomic E-state index is 12.9. The van der Waals surface area contributed by atoms with E-state index in [1.807, 2.05) is 24.3 Å². The Kier molecular flexibility index (Phi) is 5.59. The molecule has 0 unspecified atom stereocenters. The number of amides is 2. The standard InChI is InChI=1S/C27H26N6O3/c34-25-12-11-18(29-26(35)23-15-28-20-7-3-4-8-21(20)31-23)13-19(25)22-14-24(16-5-1-2-6-16)33(32-22)27(36)30-17-9-10-17/h3-4,7-8,11-17,34H,1-2,5-6,9-10H2,(H,29,35)(H,30,36). The van der Waals surface area contributed by atoms with Gasteiger partial charge in [0.15, 0.2) is 0 Å². The van der Waals surface area contributed by atoms with Crippen molar-refractivity contribution in [3.8, 4) is 17.0 Å². The lowest BCUT2D eigenvalue weighted by Gasteiger charge is -2.11. The lowest BCUT2D eigenvalue weighted by atomic mass is 10.0. The van der Waals surface area contributed by atoms with Crippen LogP contribution in [-0.4, -0.2) is 42.8 Å². The van der Waals surface area contributed by atoms with Crippen LogP contribution in [0.25, 0.3) is 22.3 Å². The monoisotopic (exact) mass is 482 g/mol. The summed E-state index contributed by atoms with van der Waals surface area (Å²) in [5, 5.41) is 21.1. The second-order valence-corrected chi connectivity index (χ2v) is 9.50. The van der Waals surface area contributed by atoms with Crippen molar-refractivity contribution < 1.29 is 14.7 Å². The van der Waals surface area contributed by atoms with E-state index in [0.29, 0.717) is 28.0 Å². The largest absolute Gasteiger partial charge is 0.507 e. The highest BCUT2D eigenvalue weighted by molar-refractivity contribution is 6.04. The molecule has 2 fully saturated rings. The van der Waals surface area contributed by atoms with Crippen LogP contribution in [0.3, 0.4) is 0 Å². The Morgan fingerprint density at radius 2 is 1.75 bits per heavy atom. The second kappa shape index (κ2) is 9.07. The molecule has 2 heterocycles. The molecule has 182 valence electrons. The fourth-order valence-electron chi connectivity index (χ4n) is 4.75. The molecule has 4 aromatic rings. The summed E-state index contributed by atoms with van der Waals surface area (Å²) >= 11 is 0. The highest BCUT2D eigenvalue weighted by Crippen LogP contribution is 2.38. The van der Waals surface area contributed by atoms with Gasteiger partial charge in [0.25, 0.3) is 5.91 Å². The SMILES string of the molecule is O=C(Nc1ccc(O)c(-c2cc(C3CCCC3)n(C(=O)NC3CC3)n2)c1)c1cnc2ccccc2n1. The molecule has 0 aliphatic heterocycles. The van der Waals surface area contributed by atoms with Crippen molar-refractivity contribution in [1.82, 2.24) is 25.1 Å². The van der Waals surface area contributed by atoms with E-state index >= 15 is 0 Å². The molecule has 0 saturated heterocycles. The summed E-state index contributed by atoms with van der Waals surface area (Å²) in [4.78, 5) is 34.5. The number of phenols is 1. The molecule has 2 aromatic heterocycles. The van der Waals surface area contributed by atoms with E-state index in [4.69, 9.17) is 0 Å². The Bertz CT molecular complexity index is 1470. The number of aromatic nitrogens is 4. The van der Waals surface area contributed by atoms with Crippen LogP contribution in [0.15, 0.2) is 54.7 Å². The average Bonchev–Trinajstić information content (AvgIpc) is 3.35. The Labute approximate surface area is 207 Å². The van der Waals surface area contributed by atoms with Gasteiger partial charge in [0.05, 0.1) is 28.6 Å². The molecular formula is C27H26N6O3. The molecule has 0 spiro atoms. The molecule has 2 aliphatic carbocycles. The number of phenolic OH excluding ortho intramolecular Hbond substituents is 1. The van der Waals surface area contributed by atoms with Gasteiger partial charge in [-0.2, -0.15) is 9.78 Å². The normalized spacial score (nSPS) is 15.8. The number of carbonyl (C=O) groups is 2. The number of hydrogen-bond acceptors (Lipinski definition) is 6. The van der Waals surface area contributed by atoms with Crippen molar-refractivity contribution in [3.05, 3.63) is 66.1 Å². The van der Waals surface area contributed by atoms with Crippen LogP contribution >= 0.6 is 0 Å². The van der Waals surface area contributed by atoms with Gasteiger partial charge in [-0.1, -0.05) is 25.0 Å². The Hall–Kier alpha value is -4.27. The smallest absolute Gasteiger partial charge is 0.342 e. The zero-order chi connectivity index (χ0) is 24.6. The van der Waals surface area contributed by atoms with Crippen LogP contribution in [0.4, 0.5) is 10.5 Å². The van der Waals surface area contributed by atoms with Crippen LogP contribution in [-0.2, 0) is 0 Å². The van der Waals surface area contributed by atoms with Crippen LogP contribution in [0.1, 0.15) is 60.6 Å². The summed E-state index contributed by atoms with van der Waals surface area (Å²) < 4.78 is 1.46. The van der Waals surface area contributed by atoms with E-state index in [9.17, 15) is 14.7 Å². The van der Waals surface area contributed by atoms with Gasteiger partial charge in [0.2, 0.25) is 0 Å². The summed E-state index contributed by atoms with van der Waals surface area (Å²) in [6.45, 7) is 0. The Balaban J connectivity index is 1.30. The first kappa shape index (κ1) is 22.2. The summed E-state index contributed by atoms with van der Waals surface area (Å²) in [6, 6.07) is 14.0. The van der Waals surface area contributed by atoms with Crippen LogP contribution < -0.4 is 10.6 Å². The predicted octanol–water partition coefficient (Wildman–Crippen LogP) is 4.83. The minimum absolute atomic E-state index is 0.0173. The van der Waals surface area contributed by atoms with E-state index in [1.165, 1.54) is 16.9 Å². The molecule has 2 aromatic carbocycles. The van der Waals surface area contributed by atoms with Gasteiger partial charge in [-0.15, -0.1) is 0 Å². The molecule has 6 rings (SSSR count). The Morgan fingerprint density at radius 1 is 0.972 bits per heavy atom. The number of hydrogen-bond donors (Lipinski definition) is 3. The fraction of sp³-hybridized carbons (Fsp3) is 0.296. The number of aromatic hydroxyl groups is 1. The summed E-state index contributed by atoms with van der Waals surface area (Å²) in [6.07, 6.45) is 7.69. The third-order valence-electron chi connectivity index (χ3n) is 6.82. The molecule has 0 radical (unpaired) electrons. The number of nitrogens with one attached hydrogen (secondary N) is 2. The first-order chi connectivity index (χ1) is 17.5. The zero-order valence-electron chi connectivity index (χ0n) is 19.6. The highest BCUT2D eigenvalue weighted by Gasteiger charge is 2.29. The van der Waals surface area contributed by atoms with Crippen molar-refractivity contribution in [2.24, 2.45) is 0 Å². The Morgan fingerprint density at radius 3 is 2.53 bits per heavy atom. The van der Waals surface area contributed by atoms with Gasteiger partial charge in [-0.25, -0.2) is 9.78 Å². The topological polar surface area (TPSA) is 122 Å². The van der Waals surface area contributed by atoms with E-state index in [0.717, 1.165) is 44.2 Å². The van der Waals surface area contributed by atoms with E-state index in [2.05, 4.69) is 25.7 Å². The lowest BCUT2D eigenvalue weighted by Crippen LogP contribution is -2.32. The molecule has 9 nitrogen and oxygen atoms in total. The first-order valence-corrected chi connectivity index (χ1v) is 12.3. The number of nitrogens with zero attached hydrogens (tertiary/aromatic N) is 4. The minimum atomic E-state index is -0.411. The second-order valence-electron chi connectivity index (χ2n) is 9.50. The third-order valence-corrected chi connectivity index (χ3v) is 6.82. The molecule has 2 amide bonds. The molecule has 0 atom stereocenters. The number of carbonyl (C=O) groups excluding carboxylic acids is 2. The van der Waals surface area contributed by atoms with Crippen molar-refractivity contribution in [2.45, 2.75) is 50.5 Å². The van der Waals surface area contributed by atoms with Crippen LogP contribution in [0.5, 0.6) is 5.75 Å². The molecule has 2 saturated carbocycles. The summed E-state index contributed by atoms with van der Waals surface area (Å²) in [5.74, 6) is -0.137. The van der Waals surface area contributed by atoms with Crippen molar-refractivity contribution in [3.63, 3.8) is 0 Å².